The highest BCUT2D eigenvalue weighted by Gasteiger charge is 2.23. The Balaban J connectivity index is 1.48. The second-order valence-corrected chi connectivity index (χ2v) is 6.81. The van der Waals surface area contributed by atoms with Crippen LogP contribution in [0.4, 0.5) is 17.6 Å². The number of piperazine rings is 1. The summed E-state index contributed by atoms with van der Waals surface area (Å²) in [4.78, 5) is 18.2. The minimum atomic E-state index is 0.373. The molecule has 0 atom stereocenters. The molecule has 0 bridgehead atoms. The number of benzene rings is 1. The summed E-state index contributed by atoms with van der Waals surface area (Å²) in [5.74, 6) is 7.87. The lowest BCUT2D eigenvalue weighted by Crippen LogP contribution is -2.47. The topological polar surface area (TPSA) is 101 Å². The molecule has 1 fully saturated rings. The van der Waals surface area contributed by atoms with Gasteiger partial charge in [-0.15, -0.1) is 0 Å². The maximum absolute atomic E-state index is 5.66. The second-order valence-electron chi connectivity index (χ2n) is 6.81. The lowest BCUT2D eigenvalue weighted by molar-refractivity contribution is 0.643. The first-order valence-electron chi connectivity index (χ1n) is 9.52. The Morgan fingerprint density at radius 3 is 2.34 bits per heavy atom. The Kier molecular flexibility index (Phi) is 4.41. The Morgan fingerprint density at radius 2 is 1.62 bits per heavy atom. The van der Waals surface area contributed by atoms with Gasteiger partial charge in [0.15, 0.2) is 5.65 Å². The first-order valence-corrected chi connectivity index (χ1v) is 9.52. The van der Waals surface area contributed by atoms with Gasteiger partial charge in [0.1, 0.15) is 11.6 Å². The van der Waals surface area contributed by atoms with Gasteiger partial charge in [0.2, 0.25) is 5.95 Å². The Bertz CT molecular complexity index is 1100. The van der Waals surface area contributed by atoms with Crippen molar-refractivity contribution in [1.29, 1.82) is 0 Å². The number of hydrogen-bond donors (Lipinski definition) is 2. The van der Waals surface area contributed by atoms with Gasteiger partial charge in [-0.25, -0.2) is 15.5 Å². The van der Waals surface area contributed by atoms with Crippen LogP contribution in [-0.4, -0.2) is 50.9 Å². The van der Waals surface area contributed by atoms with E-state index in [4.69, 9.17) is 5.84 Å². The zero-order valence-electron chi connectivity index (χ0n) is 15.8. The smallest absolute Gasteiger partial charge is 0.241 e. The third-order valence-electron chi connectivity index (χ3n) is 5.09. The summed E-state index contributed by atoms with van der Waals surface area (Å²) in [7, 11) is 0. The van der Waals surface area contributed by atoms with E-state index < -0.39 is 0 Å². The van der Waals surface area contributed by atoms with Crippen LogP contribution >= 0.6 is 0 Å². The normalized spacial score (nSPS) is 14.4. The molecule has 0 amide bonds. The van der Waals surface area contributed by atoms with Gasteiger partial charge in [-0.2, -0.15) is 15.1 Å². The van der Waals surface area contributed by atoms with Crippen LogP contribution in [0.5, 0.6) is 0 Å². The molecule has 3 aromatic heterocycles. The molecular weight excluding hydrogens is 366 g/mol. The lowest BCUT2D eigenvalue weighted by atomic mass is 10.2. The summed E-state index contributed by atoms with van der Waals surface area (Å²) in [6.07, 6.45) is 3.65. The van der Waals surface area contributed by atoms with E-state index >= 15 is 0 Å². The molecular formula is C20H21N9. The van der Waals surface area contributed by atoms with Crippen molar-refractivity contribution in [1.82, 2.24) is 24.7 Å². The number of hydrogen-bond acceptors (Lipinski definition) is 8. The van der Waals surface area contributed by atoms with Crippen molar-refractivity contribution in [2.45, 2.75) is 0 Å². The lowest BCUT2D eigenvalue weighted by Gasteiger charge is -2.36. The fourth-order valence-electron chi connectivity index (χ4n) is 3.65. The van der Waals surface area contributed by atoms with Crippen LogP contribution in [0.1, 0.15) is 0 Å². The highest BCUT2D eigenvalue weighted by Crippen LogP contribution is 2.28. The zero-order valence-corrected chi connectivity index (χ0v) is 15.8. The summed E-state index contributed by atoms with van der Waals surface area (Å²) in [5.41, 5.74) is 4.25. The standard InChI is InChI=1S/C20H21N9/c21-26-20-24-18(28-12-10-27(11-13-28)17-8-4-5-9-22-17)16-14-23-29(19(16)25-20)15-6-2-1-3-7-15/h1-9,14H,10-13,21H2,(H,24,25,26). The second kappa shape index (κ2) is 7.36. The molecule has 29 heavy (non-hydrogen) atoms. The number of nitrogens with two attached hydrogens (primary N) is 1. The fraction of sp³-hybridized carbons (Fsp3) is 0.200. The maximum Gasteiger partial charge on any atom is 0.241 e. The minimum Gasteiger partial charge on any atom is -0.353 e. The number of rotatable bonds is 4. The molecule has 146 valence electrons. The van der Waals surface area contributed by atoms with Crippen LogP contribution in [0.25, 0.3) is 16.7 Å². The molecule has 0 aliphatic carbocycles. The van der Waals surface area contributed by atoms with Crippen molar-refractivity contribution in [2.24, 2.45) is 5.84 Å². The quantitative estimate of drug-likeness (QED) is 0.404. The molecule has 1 aliphatic heterocycles. The predicted octanol–water partition coefficient (Wildman–Crippen LogP) is 1.82. The van der Waals surface area contributed by atoms with Crippen molar-refractivity contribution in [3.63, 3.8) is 0 Å². The third kappa shape index (κ3) is 3.21. The van der Waals surface area contributed by atoms with Crippen molar-refractivity contribution >= 4 is 28.6 Å². The minimum absolute atomic E-state index is 0.373. The number of fused-ring (bicyclic) bond motifs is 1. The fourth-order valence-corrected chi connectivity index (χ4v) is 3.65. The SMILES string of the molecule is NNc1nc(N2CCN(c3ccccn3)CC2)c2cnn(-c3ccccc3)c2n1. The van der Waals surface area contributed by atoms with Crippen molar-refractivity contribution < 1.29 is 0 Å². The molecule has 0 radical (unpaired) electrons. The van der Waals surface area contributed by atoms with Gasteiger partial charge in [0.05, 0.1) is 17.3 Å². The molecule has 1 aliphatic rings. The molecule has 5 rings (SSSR count). The maximum atomic E-state index is 5.66. The summed E-state index contributed by atoms with van der Waals surface area (Å²) < 4.78 is 1.81. The molecule has 0 saturated carbocycles. The van der Waals surface area contributed by atoms with Gasteiger partial charge in [-0.1, -0.05) is 24.3 Å². The summed E-state index contributed by atoms with van der Waals surface area (Å²) >= 11 is 0. The molecule has 9 heteroatoms. The number of nitrogen functional groups attached to an aromatic ring is 1. The Morgan fingerprint density at radius 1 is 0.862 bits per heavy atom. The molecule has 4 heterocycles. The number of hydrazine groups is 1. The van der Waals surface area contributed by atoms with Gasteiger partial charge >= 0.3 is 0 Å². The Labute approximate surface area is 167 Å². The van der Waals surface area contributed by atoms with Gasteiger partial charge in [0, 0.05) is 32.4 Å². The van der Waals surface area contributed by atoms with E-state index in [0.717, 1.165) is 54.5 Å². The summed E-state index contributed by atoms with van der Waals surface area (Å²) in [6.45, 7) is 3.37. The highest BCUT2D eigenvalue weighted by molar-refractivity contribution is 5.89. The summed E-state index contributed by atoms with van der Waals surface area (Å²) in [6, 6.07) is 15.9. The van der Waals surface area contributed by atoms with E-state index in [1.807, 2.05) is 65.6 Å². The number of anilines is 3. The molecule has 1 saturated heterocycles. The molecule has 0 unspecified atom stereocenters. The van der Waals surface area contributed by atoms with Crippen LogP contribution in [0, 0.1) is 0 Å². The number of aromatic nitrogens is 5. The number of nitrogens with one attached hydrogen (secondary N) is 1. The number of para-hydroxylation sites is 1. The van der Waals surface area contributed by atoms with Crippen LogP contribution < -0.4 is 21.1 Å². The van der Waals surface area contributed by atoms with Crippen molar-refractivity contribution in [3.8, 4) is 5.69 Å². The highest BCUT2D eigenvalue weighted by atomic mass is 15.4. The number of nitrogens with zero attached hydrogens (tertiary/aromatic N) is 7. The van der Waals surface area contributed by atoms with Crippen molar-refractivity contribution in [2.75, 3.05) is 41.4 Å². The van der Waals surface area contributed by atoms with Gasteiger partial charge in [-0.05, 0) is 24.3 Å². The van der Waals surface area contributed by atoms with E-state index in [-0.39, 0.29) is 0 Å². The zero-order chi connectivity index (χ0) is 19.6. The largest absolute Gasteiger partial charge is 0.353 e. The molecule has 3 N–H and O–H groups in total. The van der Waals surface area contributed by atoms with E-state index in [0.29, 0.717) is 5.95 Å². The predicted molar refractivity (Wildman–Crippen MR) is 113 cm³/mol. The van der Waals surface area contributed by atoms with E-state index in [1.54, 1.807) is 0 Å². The van der Waals surface area contributed by atoms with Gasteiger partial charge in [0.25, 0.3) is 0 Å². The molecule has 4 aromatic rings. The molecule has 1 aromatic carbocycles. The van der Waals surface area contributed by atoms with Gasteiger partial charge in [-0.3, -0.25) is 5.43 Å². The van der Waals surface area contributed by atoms with E-state index in [1.165, 1.54) is 0 Å². The first kappa shape index (κ1) is 17.4. The average Bonchev–Trinajstić information content (AvgIpc) is 3.24. The summed E-state index contributed by atoms with van der Waals surface area (Å²) in [5, 5.41) is 5.46. The van der Waals surface area contributed by atoms with E-state index in [9.17, 15) is 0 Å². The van der Waals surface area contributed by atoms with E-state index in [2.05, 4.69) is 35.3 Å². The van der Waals surface area contributed by atoms with Crippen LogP contribution in [0.2, 0.25) is 0 Å². The monoisotopic (exact) mass is 387 g/mol. The van der Waals surface area contributed by atoms with Crippen LogP contribution in [-0.2, 0) is 0 Å². The Hall–Kier alpha value is -3.72. The van der Waals surface area contributed by atoms with Crippen molar-refractivity contribution in [3.05, 3.63) is 60.9 Å². The van der Waals surface area contributed by atoms with Gasteiger partial charge < -0.3 is 9.80 Å². The average molecular weight is 387 g/mol. The molecule has 0 spiro atoms. The van der Waals surface area contributed by atoms with Crippen LogP contribution in [0.15, 0.2) is 60.9 Å². The first-order chi connectivity index (χ1) is 14.3. The number of pyridine rings is 1. The third-order valence-corrected chi connectivity index (χ3v) is 5.09. The van der Waals surface area contributed by atoms with Crippen LogP contribution in [0.3, 0.4) is 0 Å². The molecule has 9 nitrogen and oxygen atoms in total.